The standard InChI is InChI=1S/C12H6BrCl4OP/c13-19(18,7-1-3-9(14)11(16)5-7)8-2-4-10(15)12(17)6-8/h1-6H. The van der Waals surface area contributed by atoms with Gasteiger partial charge in [0.25, 0.3) is 0 Å². The summed E-state index contributed by atoms with van der Waals surface area (Å²) in [5, 5.41) is 2.59. The van der Waals surface area contributed by atoms with Crippen LogP contribution in [0.4, 0.5) is 0 Å². The van der Waals surface area contributed by atoms with Crippen molar-refractivity contribution in [3.8, 4) is 0 Å². The summed E-state index contributed by atoms with van der Waals surface area (Å²) in [7, 11) is 0. The molecule has 2 aromatic rings. The number of rotatable bonds is 2. The lowest BCUT2D eigenvalue weighted by molar-refractivity contribution is 0.596. The number of hydrogen-bond donors (Lipinski definition) is 0. The molecule has 0 amide bonds. The Morgan fingerprint density at radius 1 is 0.737 bits per heavy atom. The van der Waals surface area contributed by atoms with Crippen molar-refractivity contribution in [1.82, 2.24) is 0 Å². The maximum Gasteiger partial charge on any atom is 0.203 e. The first kappa shape index (κ1) is 15.7. The molecule has 2 aromatic carbocycles. The van der Waals surface area contributed by atoms with E-state index in [0.29, 0.717) is 30.7 Å². The van der Waals surface area contributed by atoms with E-state index in [-0.39, 0.29) is 0 Å². The van der Waals surface area contributed by atoms with Crippen LogP contribution in [0.25, 0.3) is 0 Å². The highest BCUT2D eigenvalue weighted by atomic mass is 79.9. The molecule has 1 nitrogen and oxygen atoms in total. The lowest BCUT2D eigenvalue weighted by Gasteiger charge is -2.13. The van der Waals surface area contributed by atoms with Gasteiger partial charge in [0.1, 0.15) is 0 Å². The van der Waals surface area contributed by atoms with Crippen molar-refractivity contribution in [1.29, 1.82) is 0 Å². The minimum atomic E-state index is -2.96. The Morgan fingerprint density at radius 2 is 1.11 bits per heavy atom. The van der Waals surface area contributed by atoms with Crippen LogP contribution in [0.3, 0.4) is 0 Å². The Hall–Kier alpha value is 0.310. The summed E-state index contributed by atoms with van der Waals surface area (Å²) in [5.74, 6) is -2.96. The molecule has 0 aliphatic heterocycles. The smallest absolute Gasteiger partial charge is 0.203 e. The van der Waals surface area contributed by atoms with Gasteiger partial charge < -0.3 is 4.57 Å². The van der Waals surface area contributed by atoms with E-state index in [2.05, 4.69) is 15.5 Å². The molecule has 100 valence electrons. The fourth-order valence-corrected chi connectivity index (χ4v) is 4.97. The van der Waals surface area contributed by atoms with E-state index in [0.717, 1.165) is 0 Å². The quantitative estimate of drug-likeness (QED) is 0.553. The van der Waals surface area contributed by atoms with Gasteiger partial charge >= 0.3 is 0 Å². The molecular formula is C12H6BrCl4OP. The normalized spacial score (nSPS) is 11.6. The predicted molar refractivity (Wildman–Crippen MR) is 88.7 cm³/mol. The molecule has 7 heteroatoms. The minimum absolute atomic E-state index is 0.346. The molecule has 0 aliphatic rings. The zero-order chi connectivity index (χ0) is 14.2. The van der Waals surface area contributed by atoms with Crippen LogP contribution in [0.5, 0.6) is 0 Å². The maximum atomic E-state index is 12.9. The third kappa shape index (κ3) is 3.32. The molecule has 0 saturated heterocycles. The summed E-state index contributed by atoms with van der Waals surface area (Å²) in [6, 6.07) is 9.66. The summed E-state index contributed by atoms with van der Waals surface area (Å²) in [4.78, 5) is 0. The summed E-state index contributed by atoms with van der Waals surface area (Å²) < 4.78 is 12.9. The molecule has 0 heterocycles. The molecule has 0 aliphatic carbocycles. The number of benzene rings is 2. The van der Waals surface area contributed by atoms with Gasteiger partial charge in [-0.3, -0.25) is 0 Å². The summed E-state index contributed by atoms with van der Waals surface area (Å²) in [6.45, 7) is 0. The van der Waals surface area contributed by atoms with Crippen LogP contribution in [0.2, 0.25) is 20.1 Å². The SMILES string of the molecule is O=P(Br)(c1ccc(Cl)c(Cl)c1)c1ccc(Cl)c(Cl)c1. The van der Waals surface area contributed by atoms with E-state index in [1.807, 2.05) is 0 Å². The zero-order valence-electron chi connectivity index (χ0n) is 9.21. The van der Waals surface area contributed by atoms with Gasteiger partial charge in [-0.25, -0.2) is 0 Å². The van der Waals surface area contributed by atoms with Crippen LogP contribution in [-0.4, -0.2) is 0 Å². The first-order chi connectivity index (χ1) is 8.82. The van der Waals surface area contributed by atoms with Gasteiger partial charge in [0.05, 0.1) is 20.1 Å². The van der Waals surface area contributed by atoms with Crippen molar-refractivity contribution >= 4 is 78.3 Å². The van der Waals surface area contributed by atoms with Crippen LogP contribution in [0, 0.1) is 0 Å². The molecule has 0 atom stereocenters. The minimum Gasteiger partial charge on any atom is -0.302 e. The first-order valence-electron chi connectivity index (χ1n) is 5.03. The lowest BCUT2D eigenvalue weighted by atomic mass is 10.3. The topological polar surface area (TPSA) is 17.1 Å². The highest BCUT2D eigenvalue weighted by Crippen LogP contribution is 2.52. The largest absolute Gasteiger partial charge is 0.302 e. The van der Waals surface area contributed by atoms with Crippen molar-refractivity contribution < 1.29 is 4.57 Å². The zero-order valence-corrected chi connectivity index (χ0v) is 14.7. The van der Waals surface area contributed by atoms with E-state index in [1.165, 1.54) is 0 Å². The van der Waals surface area contributed by atoms with E-state index in [9.17, 15) is 4.57 Å². The third-order valence-electron chi connectivity index (χ3n) is 2.47. The fraction of sp³-hybridized carbons (Fsp3) is 0. The van der Waals surface area contributed by atoms with Crippen LogP contribution >= 0.6 is 67.7 Å². The average Bonchev–Trinajstić information content (AvgIpc) is 2.35. The van der Waals surface area contributed by atoms with E-state index in [1.54, 1.807) is 36.4 Å². The van der Waals surface area contributed by atoms with Crippen molar-refractivity contribution in [3.05, 3.63) is 56.5 Å². The Balaban J connectivity index is 2.54. The lowest BCUT2D eigenvalue weighted by Crippen LogP contribution is -2.11. The van der Waals surface area contributed by atoms with Gasteiger partial charge in [0, 0.05) is 10.6 Å². The Kier molecular flexibility index (Phi) is 4.93. The maximum absolute atomic E-state index is 12.9. The number of hydrogen-bond acceptors (Lipinski definition) is 1. The van der Waals surface area contributed by atoms with Crippen LogP contribution in [0.15, 0.2) is 36.4 Å². The number of halogens is 5. The predicted octanol–water partition coefficient (Wildman–Crippen LogP) is 5.92. The van der Waals surface area contributed by atoms with E-state index < -0.39 is 5.84 Å². The van der Waals surface area contributed by atoms with Gasteiger partial charge in [-0.05, 0) is 51.9 Å². The van der Waals surface area contributed by atoms with Gasteiger partial charge in [-0.1, -0.05) is 46.4 Å². The van der Waals surface area contributed by atoms with Crippen LogP contribution in [0.1, 0.15) is 0 Å². The van der Waals surface area contributed by atoms with Crippen LogP contribution < -0.4 is 10.6 Å². The molecule has 0 N–H and O–H groups in total. The van der Waals surface area contributed by atoms with Gasteiger partial charge in [-0.15, -0.1) is 0 Å². The van der Waals surface area contributed by atoms with Gasteiger partial charge in [0.2, 0.25) is 5.84 Å². The van der Waals surface area contributed by atoms with Crippen LogP contribution in [-0.2, 0) is 4.57 Å². The molecule has 0 fully saturated rings. The molecule has 0 saturated carbocycles. The second-order valence-electron chi connectivity index (χ2n) is 3.73. The van der Waals surface area contributed by atoms with Gasteiger partial charge in [-0.2, -0.15) is 0 Å². The molecular weight excluding hydrogens is 413 g/mol. The molecule has 0 bridgehead atoms. The molecule has 0 aromatic heterocycles. The average molecular weight is 419 g/mol. The molecule has 0 spiro atoms. The van der Waals surface area contributed by atoms with Crippen molar-refractivity contribution in [2.75, 3.05) is 0 Å². The first-order valence-corrected chi connectivity index (χ1v) is 10.3. The molecule has 2 rings (SSSR count). The van der Waals surface area contributed by atoms with Crippen molar-refractivity contribution in [3.63, 3.8) is 0 Å². The molecule has 0 unspecified atom stereocenters. The summed E-state index contributed by atoms with van der Waals surface area (Å²) in [5.41, 5.74) is 0. The monoisotopic (exact) mass is 416 g/mol. The highest BCUT2D eigenvalue weighted by molar-refractivity contribution is 9.42. The summed E-state index contributed by atoms with van der Waals surface area (Å²) in [6.07, 6.45) is 0. The fourth-order valence-electron chi connectivity index (χ4n) is 1.48. The molecule has 0 radical (unpaired) electrons. The van der Waals surface area contributed by atoms with Gasteiger partial charge in [0.15, 0.2) is 0 Å². The summed E-state index contributed by atoms with van der Waals surface area (Å²) >= 11 is 26.8. The second kappa shape index (κ2) is 5.97. The Labute approximate surface area is 138 Å². The van der Waals surface area contributed by atoms with E-state index in [4.69, 9.17) is 46.4 Å². The van der Waals surface area contributed by atoms with Crippen molar-refractivity contribution in [2.24, 2.45) is 0 Å². The highest BCUT2D eigenvalue weighted by Gasteiger charge is 2.25. The third-order valence-corrected chi connectivity index (χ3v) is 8.29. The molecule has 19 heavy (non-hydrogen) atoms. The Bertz CT molecular complexity index is 634. The van der Waals surface area contributed by atoms with Crippen molar-refractivity contribution in [2.45, 2.75) is 0 Å². The second-order valence-corrected chi connectivity index (χ2v) is 10.5. The Morgan fingerprint density at radius 3 is 1.42 bits per heavy atom. The van der Waals surface area contributed by atoms with E-state index >= 15 is 0 Å².